The molecule has 0 atom stereocenters. The summed E-state index contributed by atoms with van der Waals surface area (Å²) < 4.78 is 23.3. The van der Waals surface area contributed by atoms with E-state index in [0.717, 1.165) is 27.5 Å². The van der Waals surface area contributed by atoms with Crippen LogP contribution in [0.25, 0.3) is 10.8 Å². The molecule has 6 heteroatoms. The van der Waals surface area contributed by atoms with Crippen molar-refractivity contribution < 1.29 is 13.2 Å². The summed E-state index contributed by atoms with van der Waals surface area (Å²) in [4.78, 5) is 12.5. The zero-order valence-corrected chi connectivity index (χ0v) is 15.4. The highest BCUT2D eigenvalue weighted by molar-refractivity contribution is 7.89. The van der Waals surface area contributed by atoms with Crippen molar-refractivity contribution in [2.24, 2.45) is 5.14 Å². The fourth-order valence-corrected chi connectivity index (χ4v) is 3.56. The minimum Gasteiger partial charge on any atom is -0.326 e. The number of nitrogens with one attached hydrogen (secondary N) is 1. The maximum absolute atomic E-state index is 12.6. The van der Waals surface area contributed by atoms with Gasteiger partial charge in [0.05, 0.1) is 11.3 Å². The lowest BCUT2D eigenvalue weighted by molar-refractivity contribution is -0.115. The minimum atomic E-state index is -3.84. The Morgan fingerprint density at radius 3 is 2.46 bits per heavy atom. The molecule has 0 fully saturated rings. The number of nitrogens with two attached hydrogens (primary N) is 1. The van der Waals surface area contributed by atoms with Crippen molar-refractivity contribution in [1.82, 2.24) is 0 Å². The number of amides is 1. The summed E-state index contributed by atoms with van der Waals surface area (Å²) >= 11 is 0. The third-order valence-corrected chi connectivity index (χ3v) is 5.37. The van der Waals surface area contributed by atoms with Gasteiger partial charge in [-0.2, -0.15) is 0 Å². The number of benzene rings is 3. The van der Waals surface area contributed by atoms with Crippen LogP contribution in [0.3, 0.4) is 0 Å². The zero-order valence-electron chi connectivity index (χ0n) is 14.6. The van der Waals surface area contributed by atoms with Gasteiger partial charge in [-0.15, -0.1) is 0 Å². The largest absolute Gasteiger partial charge is 0.326 e. The van der Waals surface area contributed by atoms with E-state index in [1.165, 1.54) is 12.1 Å². The molecule has 0 aliphatic rings. The van der Waals surface area contributed by atoms with Crippen LogP contribution in [0.4, 0.5) is 5.69 Å². The molecule has 0 radical (unpaired) electrons. The molecule has 0 aliphatic carbocycles. The molecular formula is C20H20N2O3S. The summed E-state index contributed by atoms with van der Waals surface area (Å²) in [5.74, 6) is -0.213. The van der Waals surface area contributed by atoms with Gasteiger partial charge in [-0.25, -0.2) is 13.6 Å². The highest BCUT2D eigenvalue weighted by atomic mass is 32.2. The first kappa shape index (κ1) is 18.1. The van der Waals surface area contributed by atoms with Crippen LogP contribution in [0.2, 0.25) is 0 Å². The van der Waals surface area contributed by atoms with Gasteiger partial charge in [0.15, 0.2) is 0 Å². The lowest BCUT2D eigenvalue weighted by atomic mass is 10.0. The fourth-order valence-electron chi connectivity index (χ4n) is 2.93. The van der Waals surface area contributed by atoms with E-state index in [9.17, 15) is 13.2 Å². The number of anilines is 1. The molecule has 26 heavy (non-hydrogen) atoms. The standard InChI is InChI=1S/C20H20N2O3S/c1-13-10-17(26(21,24)25)12-19(14(13)2)22-20(23)11-16-8-5-7-15-6-3-4-9-18(15)16/h3-10,12H,11H2,1-2H3,(H,22,23)(H2,21,24,25). The molecule has 3 aromatic carbocycles. The molecule has 134 valence electrons. The normalized spacial score (nSPS) is 11.5. The maximum atomic E-state index is 12.6. The fraction of sp³-hybridized carbons (Fsp3) is 0.150. The van der Waals surface area contributed by atoms with E-state index in [1.54, 1.807) is 6.92 Å². The molecule has 3 aromatic rings. The molecule has 0 aromatic heterocycles. The van der Waals surface area contributed by atoms with Gasteiger partial charge in [0.25, 0.3) is 0 Å². The molecule has 0 spiro atoms. The number of rotatable bonds is 4. The van der Waals surface area contributed by atoms with Gasteiger partial charge in [0, 0.05) is 5.69 Å². The van der Waals surface area contributed by atoms with Crippen LogP contribution in [0.5, 0.6) is 0 Å². The Morgan fingerprint density at radius 2 is 1.73 bits per heavy atom. The number of sulfonamides is 1. The molecule has 5 nitrogen and oxygen atoms in total. The Bertz CT molecular complexity index is 1100. The Morgan fingerprint density at radius 1 is 1.04 bits per heavy atom. The van der Waals surface area contributed by atoms with Gasteiger partial charge in [-0.1, -0.05) is 42.5 Å². The highest BCUT2D eigenvalue weighted by Gasteiger charge is 2.15. The van der Waals surface area contributed by atoms with E-state index in [-0.39, 0.29) is 17.2 Å². The van der Waals surface area contributed by atoms with E-state index in [4.69, 9.17) is 5.14 Å². The lowest BCUT2D eigenvalue weighted by Crippen LogP contribution is -2.17. The first-order chi connectivity index (χ1) is 12.3. The third-order valence-electron chi connectivity index (χ3n) is 4.47. The quantitative estimate of drug-likeness (QED) is 0.740. The van der Waals surface area contributed by atoms with Crippen molar-refractivity contribution in [3.8, 4) is 0 Å². The van der Waals surface area contributed by atoms with Crippen LogP contribution in [0, 0.1) is 13.8 Å². The van der Waals surface area contributed by atoms with Crippen LogP contribution in [-0.2, 0) is 21.2 Å². The molecule has 0 heterocycles. The zero-order chi connectivity index (χ0) is 18.9. The first-order valence-electron chi connectivity index (χ1n) is 8.16. The summed E-state index contributed by atoms with van der Waals surface area (Å²) in [6, 6.07) is 16.6. The average molecular weight is 368 g/mol. The van der Waals surface area contributed by atoms with Gasteiger partial charge >= 0.3 is 0 Å². The number of carbonyl (C=O) groups excluding carboxylic acids is 1. The molecule has 0 unspecified atom stereocenters. The van der Waals surface area contributed by atoms with Gasteiger partial charge in [-0.05, 0) is 53.4 Å². The number of primary sulfonamides is 1. The lowest BCUT2D eigenvalue weighted by Gasteiger charge is -2.13. The van der Waals surface area contributed by atoms with Crippen LogP contribution in [-0.4, -0.2) is 14.3 Å². The molecule has 0 bridgehead atoms. The Kier molecular flexibility index (Phi) is 4.80. The Labute approximate surface area is 152 Å². The van der Waals surface area contributed by atoms with Crippen molar-refractivity contribution >= 4 is 32.4 Å². The first-order valence-corrected chi connectivity index (χ1v) is 9.71. The number of aryl methyl sites for hydroxylation is 1. The predicted molar refractivity (Wildman–Crippen MR) is 104 cm³/mol. The molecule has 3 rings (SSSR count). The van der Waals surface area contributed by atoms with E-state index in [1.807, 2.05) is 49.4 Å². The van der Waals surface area contributed by atoms with Crippen molar-refractivity contribution in [3.63, 3.8) is 0 Å². The van der Waals surface area contributed by atoms with Crippen LogP contribution in [0.1, 0.15) is 16.7 Å². The summed E-state index contributed by atoms with van der Waals surface area (Å²) in [5.41, 5.74) is 2.93. The minimum absolute atomic E-state index is 0.0129. The number of fused-ring (bicyclic) bond motifs is 1. The van der Waals surface area contributed by atoms with Gasteiger partial charge in [0.1, 0.15) is 0 Å². The molecule has 3 N–H and O–H groups in total. The van der Waals surface area contributed by atoms with Crippen LogP contribution < -0.4 is 10.5 Å². The summed E-state index contributed by atoms with van der Waals surface area (Å²) in [6.07, 6.45) is 0.194. The average Bonchev–Trinajstić information content (AvgIpc) is 2.58. The van der Waals surface area contributed by atoms with E-state index < -0.39 is 10.0 Å². The summed E-state index contributed by atoms with van der Waals surface area (Å²) in [7, 11) is -3.84. The molecule has 1 amide bonds. The molecular weight excluding hydrogens is 348 g/mol. The summed E-state index contributed by atoms with van der Waals surface area (Å²) in [5, 5.41) is 10.1. The molecule has 0 saturated heterocycles. The number of hydrogen-bond acceptors (Lipinski definition) is 3. The van der Waals surface area contributed by atoms with Crippen LogP contribution >= 0.6 is 0 Å². The topological polar surface area (TPSA) is 89.3 Å². The summed E-state index contributed by atoms with van der Waals surface area (Å²) in [6.45, 7) is 3.61. The van der Waals surface area contributed by atoms with Crippen molar-refractivity contribution in [2.45, 2.75) is 25.2 Å². The smallest absolute Gasteiger partial charge is 0.238 e. The monoisotopic (exact) mass is 368 g/mol. The van der Waals surface area contributed by atoms with Crippen molar-refractivity contribution in [2.75, 3.05) is 5.32 Å². The second kappa shape index (κ2) is 6.90. The van der Waals surface area contributed by atoms with Gasteiger partial charge < -0.3 is 5.32 Å². The van der Waals surface area contributed by atoms with Crippen LogP contribution in [0.15, 0.2) is 59.5 Å². The molecule has 0 aliphatic heterocycles. The van der Waals surface area contributed by atoms with Crippen molar-refractivity contribution in [1.29, 1.82) is 0 Å². The highest BCUT2D eigenvalue weighted by Crippen LogP contribution is 2.24. The van der Waals surface area contributed by atoms with E-state index in [2.05, 4.69) is 5.32 Å². The SMILES string of the molecule is Cc1cc(S(N)(=O)=O)cc(NC(=O)Cc2cccc3ccccc23)c1C. The predicted octanol–water partition coefficient (Wildman–Crippen LogP) is 3.29. The van der Waals surface area contributed by atoms with E-state index >= 15 is 0 Å². The number of hydrogen-bond donors (Lipinski definition) is 2. The Hall–Kier alpha value is -2.70. The Balaban J connectivity index is 1.90. The second-order valence-corrected chi connectivity index (χ2v) is 7.88. The second-order valence-electron chi connectivity index (χ2n) is 6.32. The van der Waals surface area contributed by atoms with E-state index in [0.29, 0.717) is 5.69 Å². The molecule has 0 saturated carbocycles. The van der Waals surface area contributed by atoms with Crippen molar-refractivity contribution in [3.05, 3.63) is 71.3 Å². The van der Waals surface area contributed by atoms with Gasteiger partial charge in [0.2, 0.25) is 15.9 Å². The maximum Gasteiger partial charge on any atom is 0.238 e. The van der Waals surface area contributed by atoms with Gasteiger partial charge in [-0.3, -0.25) is 4.79 Å². The number of carbonyl (C=O) groups is 1. The third kappa shape index (κ3) is 3.76.